The monoisotopic (exact) mass is 535 g/mol. The van der Waals surface area contributed by atoms with Crippen molar-refractivity contribution in [3.63, 3.8) is 0 Å². The van der Waals surface area contributed by atoms with Gasteiger partial charge < -0.3 is 23.9 Å². The van der Waals surface area contributed by atoms with Gasteiger partial charge in [0.1, 0.15) is 5.60 Å². The summed E-state index contributed by atoms with van der Waals surface area (Å²) >= 11 is 0. The zero-order chi connectivity index (χ0) is 27.6. The predicted octanol–water partition coefficient (Wildman–Crippen LogP) is 6.05. The van der Waals surface area contributed by atoms with Crippen LogP contribution in [0.15, 0.2) is 52.7 Å². The number of amides is 1. The molecule has 2 heterocycles. The van der Waals surface area contributed by atoms with Crippen molar-refractivity contribution >= 4 is 11.9 Å². The number of allylic oxidation sites excluding steroid dienone is 2. The highest BCUT2D eigenvalue weighted by Crippen LogP contribution is 2.61. The van der Waals surface area contributed by atoms with Gasteiger partial charge in [0.05, 0.1) is 18.9 Å². The lowest BCUT2D eigenvalue weighted by Gasteiger charge is -2.43. The van der Waals surface area contributed by atoms with Crippen molar-refractivity contribution in [3.8, 4) is 0 Å². The Morgan fingerprint density at radius 2 is 2.08 bits per heavy atom. The number of methoxy groups -OCH3 is 1. The Hall–Kier alpha value is -2.90. The SMILES string of the molecule is COCCCN1CC2(CCC3c4ccc(cc4C(=O)c4ccco4)CC(O)CCC(C)=CCCC32C)OC1=O. The molecule has 7 nitrogen and oxygen atoms in total. The van der Waals surface area contributed by atoms with Crippen molar-refractivity contribution < 1.29 is 28.6 Å². The van der Waals surface area contributed by atoms with Crippen LogP contribution in [0.25, 0.3) is 0 Å². The number of carbonyl (C=O) groups excluding carboxylic acids is 2. The quantitative estimate of drug-likeness (QED) is 0.275. The summed E-state index contributed by atoms with van der Waals surface area (Å²) in [5.41, 5.74) is 2.80. The van der Waals surface area contributed by atoms with E-state index >= 15 is 0 Å². The number of aliphatic hydroxyl groups excluding tert-OH is 1. The zero-order valence-electron chi connectivity index (χ0n) is 23.4. The topological polar surface area (TPSA) is 89.2 Å². The van der Waals surface area contributed by atoms with E-state index in [1.165, 1.54) is 11.8 Å². The molecule has 4 aliphatic rings. The fraction of sp³-hybridized carbons (Fsp3) is 0.562. The predicted molar refractivity (Wildman–Crippen MR) is 148 cm³/mol. The maximum Gasteiger partial charge on any atom is 0.410 e. The smallest absolute Gasteiger partial charge is 0.410 e. The number of ketones is 1. The third-order valence-electron chi connectivity index (χ3n) is 9.39. The van der Waals surface area contributed by atoms with E-state index < -0.39 is 11.7 Å². The Morgan fingerprint density at radius 3 is 2.85 bits per heavy atom. The average molecular weight is 536 g/mol. The summed E-state index contributed by atoms with van der Waals surface area (Å²) < 4.78 is 17.1. The van der Waals surface area contributed by atoms with Gasteiger partial charge in [-0.1, -0.05) is 30.7 Å². The first-order chi connectivity index (χ1) is 18.8. The van der Waals surface area contributed by atoms with Gasteiger partial charge >= 0.3 is 6.09 Å². The fourth-order valence-corrected chi connectivity index (χ4v) is 7.09. The van der Waals surface area contributed by atoms with Crippen LogP contribution in [0.5, 0.6) is 0 Å². The van der Waals surface area contributed by atoms with Crippen molar-refractivity contribution in [2.24, 2.45) is 5.41 Å². The largest absolute Gasteiger partial charge is 0.461 e. The molecule has 1 saturated carbocycles. The molecule has 1 amide bonds. The number of fused-ring (bicyclic) bond motifs is 8. The van der Waals surface area contributed by atoms with Crippen LogP contribution in [0.3, 0.4) is 0 Å². The van der Waals surface area contributed by atoms with Gasteiger partial charge in [0.2, 0.25) is 5.78 Å². The minimum Gasteiger partial charge on any atom is -0.461 e. The molecule has 0 radical (unpaired) electrons. The number of carbonyl (C=O) groups is 2. The van der Waals surface area contributed by atoms with Gasteiger partial charge in [-0.05, 0) is 93.5 Å². The van der Waals surface area contributed by atoms with Crippen LogP contribution in [0.4, 0.5) is 4.79 Å². The van der Waals surface area contributed by atoms with Crippen molar-refractivity contribution in [2.75, 3.05) is 26.8 Å². The second kappa shape index (κ2) is 11.3. The van der Waals surface area contributed by atoms with Crippen molar-refractivity contribution in [1.82, 2.24) is 4.90 Å². The molecular weight excluding hydrogens is 494 g/mol. The normalized spacial score (nSPS) is 29.3. The molecule has 1 spiro atoms. The van der Waals surface area contributed by atoms with Gasteiger partial charge in [0.25, 0.3) is 0 Å². The van der Waals surface area contributed by atoms with Gasteiger partial charge in [-0.3, -0.25) is 4.79 Å². The lowest BCUT2D eigenvalue weighted by molar-refractivity contribution is -0.0373. The Balaban J connectivity index is 1.58. The summed E-state index contributed by atoms with van der Waals surface area (Å²) in [5.74, 6) is 0.176. The Kier molecular flexibility index (Phi) is 8.01. The Bertz CT molecular complexity index is 1220. The number of hydrogen-bond donors (Lipinski definition) is 1. The van der Waals surface area contributed by atoms with E-state index in [9.17, 15) is 14.7 Å². The molecule has 6 rings (SSSR count). The highest BCUT2D eigenvalue weighted by atomic mass is 16.6. The van der Waals surface area contributed by atoms with Crippen molar-refractivity contribution in [2.45, 2.75) is 82.8 Å². The van der Waals surface area contributed by atoms with E-state index in [0.717, 1.165) is 49.7 Å². The number of aliphatic hydroxyl groups is 1. The van der Waals surface area contributed by atoms with E-state index in [2.05, 4.69) is 32.1 Å². The van der Waals surface area contributed by atoms with Gasteiger partial charge in [-0.25, -0.2) is 4.79 Å². The summed E-state index contributed by atoms with van der Waals surface area (Å²) in [6.45, 7) is 6.14. The highest BCUT2D eigenvalue weighted by Gasteiger charge is 2.63. The van der Waals surface area contributed by atoms with Crippen LogP contribution < -0.4 is 0 Å². The van der Waals surface area contributed by atoms with Gasteiger partial charge in [0, 0.05) is 31.2 Å². The molecule has 210 valence electrons. The zero-order valence-corrected chi connectivity index (χ0v) is 23.4. The average Bonchev–Trinajstić information content (AvgIpc) is 3.62. The number of nitrogens with zero attached hydrogens (tertiary/aromatic N) is 1. The third-order valence-corrected chi connectivity index (χ3v) is 9.39. The van der Waals surface area contributed by atoms with Crippen LogP contribution >= 0.6 is 0 Å². The Labute approximate surface area is 231 Å². The first-order valence-corrected chi connectivity index (χ1v) is 14.3. The van der Waals surface area contributed by atoms with Gasteiger partial charge in [-0.2, -0.15) is 0 Å². The molecule has 1 aliphatic heterocycles. The van der Waals surface area contributed by atoms with E-state index in [0.29, 0.717) is 43.9 Å². The fourth-order valence-electron chi connectivity index (χ4n) is 7.09. The standard InChI is InChI=1S/C32H41NO6/c1-22-7-4-14-31(2)27(13-15-32(31)21-33(30(36)39-32)16-6-17-37-3)25-12-10-23(19-24(34)11-9-22)20-26(25)29(35)28-8-5-18-38-28/h5,7-8,10,12,18,20,24,27,34H,4,6,9,11,13-17,19,21H2,1-3H3. The maximum absolute atomic E-state index is 13.8. The number of furan rings is 1. The van der Waals surface area contributed by atoms with Crippen molar-refractivity contribution in [1.29, 1.82) is 0 Å². The van der Waals surface area contributed by atoms with Gasteiger partial charge in [0.15, 0.2) is 5.76 Å². The molecule has 4 unspecified atom stereocenters. The minimum atomic E-state index is -0.625. The van der Waals surface area contributed by atoms with E-state index in [-0.39, 0.29) is 23.2 Å². The highest BCUT2D eigenvalue weighted by molar-refractivity contribution is 6.08. The lowest BCUT2D eigenvalue weighted by Crippen LogP contribution is -2.48. The molecule has 7 heteroatoms. The number of benzene rings is 1. The number of rotatable bonds is 6. The molecular formula is C32H41NO6. The van der Waals surface area contributed by atoms with Crippen LogP contribution in [-0.4, -0.2) is 60.4 Å². The van der Waals surface area contributed by atoms with E-state index in [1.807, 2.05) is 11.0 Å². The first kappa shape index (κ1) is 27.7. The first-order valence-electron chi connectivity index (χ1n) is 14.3. The number of hydrogen-bond acceptors (Lipinski definition) is 6. The van der Waals surface area contributed by atoms with Crippen LogP contribution in [-0.2, 0) is 15.9 Å². The second-order valence-corrected chi connectivity index (χ2v) is 11.9. The summed E-state index contributed by atoms with van der Waals surface area (Å²) in [4.78, 5) is 28.7. The molecule has 1 aromatic heterocycles. The molecule has 1 aromatic carbocycles. The molecule has 1 saturated heterocycles. The molecule has 2 bridgehead atoms. The van der Waals surface area contributed by atoms with Gasteiger partial charge in [-0.15, -0.1) is 0 Å². The number of ether oxygens (including phenoxy) is 2. The molecule has 3 aliphatic carbocycles. The van der Waals surface area contributed by atoms with Crippen molar-refractivity contribution in [3.05, 3.63) is 70.7 Å². The summed E-state index contributed by atoms with van der Waals surface area (Å²) in [6, 6.07) is 9.49. The molecule has 2 fully saturated rings. The molecule has 2 aromatic rings. The third kappa shape index (κ3) is 5.31. The molecule has 4 atom stereocenters. The lowest BCUT2D eigenvalue weighted by atomic mass is 9.65. The van der Waals surface area contributed by atoms with E-state index in [1.54, 1.807) is 19.2 Å². The maximum atomic E-state index is 13.8. The summed E-state index contributed by atoms with van der Waals surface area (Å²) in [7, 11) is 1.67. The Morgan fingerprint density at radius 1 is 1.23 bits per heavy atom. The molecule has 1 N–H and O–H groups in total. The summed E-state index contributed by atoms with van der Waals surface area (Å²) in [6.07, 6.45) is 9.05. The van der Waals surface area contributed by atoms with Crippen LogP contribution in [0, 0.1) is 5.41 Å². The summed E-state index contributed by atoms with van der Waals surface area (Å²) in [5, 5.41) is 10.7. The van der Waals surface area contributed by atoms with Crippen LogP contribution in [0.2, 0.25) is 0 Å². The van der Waals surface area contributed by atoms with E-state index in [4.69, 9.17) is 13.9 Å². The second-order valence-electron chi connectivity index (χ2n) is 11.9. The molecule has 39 heavy (non-hydrogen) atoms. The minimum absolute atomic E-state index is 0.0220. The van der Waals surface area contributed by atoms with Crippen LogP contribution in [0.1, 0.15) is 92.0 Å².